The Bertz CT molecular complexity index is 791. The second kappa shape index (κ2) is 5.64. The SMILES string of the molecule is Cc1c(O)c(-c2ccccc2-c2ccncc2)nn1C(C)C. The van der Waals surface area contributed by atoms with E-state index in [2.05, 4.69) is 23.9 Å². The number of rotatable bonds is 3. The van der Waals surface area contributed by atoms with Gasteiger partial charge in [-0.2, -0.15) is 5.10 Å². The Morgan fingerprint density at radius 2 is 1.64 bits per heavy atom. The van der Waals surface area contributed by atoms with Gasteiger partial charge in [-0.25, -0.2) is 0 Å². The van der Waals surface area contributed by atoms with Gasteiger partial charge in [-0.05, 0) is 44.0 Å². The monoisotopic (exact) mass is 293 g/mol. The topological polar surface area (TPSA) is 50.9 Å². The molecule has 2 heterocycles. The highest BCUT2D eigenvalue weighted by Gasteiger charge is 2.19. The summed E-state index contributed by atoms with van der Waals surface area (Å²) in [5.74, 6) is 0.246. The van der Waals surface area contributed by atoms with Crippen LogP contribution in [0.3, 0.4) is 0 Å². The number of hydrogen-bond donors (Lipinski definition) is 1. The molecule has 0 radical (unpaired) electrons. The molecule has 0 amide bonds. The van der Waals surface area contributed by atoms with E-state index in [9.17, 15) is 5.11 Å². The maximum absolute atomic E-state index is 10.5. The van der Waals surface area contributed by atoms with Crippen LogP contribution in [-0.2, 0) is 0 Å². The van der Waals surface area contributed by atoms with Gasteiger partial charge in [0.05, 0.1) is 5.69 Å². The minimum Gasteiger partial charge on any atom is -0.504 e. The van der Waals surface area contributed by atoms with E-state index in [4.69, 9.17) is 0 Å². The molecule has 0 unspecified atom stereocenters. The van der Waals surface area contributed by atoms with Gasteiger partial charge in [0.2, 0.25) is 0 Å². The summed E-state index contributed by atoms with van der Waals surface area (Å²) in [6, 6.07) is 12.1. The van der Waals surface area contributed by atoms with Crippen LogP contribution >= 0.6 is 0 Å². The average Bonchev–Trinajstić information content (AvgIpc) is 2.84. The molecule has 0 fully saturated rings. The van der Waals surface area contributed by atoms with Gasteiger partial charge in [0, 0.05) is 24.0 Å². The lowest BCUT2D eigenvalue weighted by atomic mass is 9.98. The maximum atomic E-state index is 10.5. The molecule has 0 aliphatic heterocycles. The Balaban J connectivity index is 2.21. The summed E-state index contributed by atoms with van der Waals surface area (Å²) >= 11 is 0. The number of nitrogens with zero attached hydrogens (tertiary/aromatic N) is 3. The highest BCUT2D eigenvalue weighted by molar-refractivity contribution is 5.84. The fraction of sp³-hybridized carbons (Fsp3) is 0.222. The van der Waals surface area contributed by atoms with Crippen LogP contribution in [0.15, 0.2) is 48.8 Å². The van der Waals surface area contributed by atoms with Crippen LogP contribution in [0, 0.1) is 6.92 Å². The standard InChI is InChI=1S/C18H19N3O/c1-12(2)21-13(3)18(22)17(20-21)16-7-5-4-6-15(16)14-8-10-19-11-9-14/h4-12,22H,1-3H3. The number of hydrogen-bond acceptors (Lipinski definition) is 3. The van der Waals surface area contributed by atoms with Crippen LogP contribution in [0.25, 0.3) is 22.4 Å². The second-order valence-corrected chi connectivity index (χ2v) is 5.60. The molecule has 112 valence electrons. The molecular weight excluding hydrogens is 274 g/mol. The summed E-state index contributed by atoms with van der Waals surface area (Å²) in [5, 5.41) is 15.1. The lowest BCUT2D eigenvalue weighted by Gasteiger charge is -2.08. The first-order valence-electron chi connectivity index (χ1n) is 7.37. The Labute approximate surface area is 130 Å². The first-order valence-corrected chi connectivity index (χ1v) is 7.37. The predicted molar refractivity (Wildman–Crippen MR) is 87.7 cm³/mol. The predicted octanol–water partition coefficient (Wildman–Crippen LogP) is 4.21. The van der Waals surface area contributed by atoms with Crippen molar-refractivity contribution < 1.29 is 5.11 Å². The molecule has 0 saturated heterocycles. The number of benzene rings is 1. The molecule has 2 aromatic heterocycles. The van der Waals surface area contributed by atoms with E-state index in [1.54, 1.807) is 12.4 Å². The van der Waals surface area contributed by atoms with Crippen LogP contribution in [-0.4, -0.2) is 19.9 Å². The average molecular weight is 293 g/mol. The lowest BCUT2D eigenvalue weighted by Crippen LogP contribution is -2.04. The Kier molecular flexibility index (Phi) is 3.67. The fourth-order valence-electron chi connectivity index (χ4n) is 2.67. The van der Waals surface area contributed by atoms with Gasteiger partial charge < -0.3 is 5.11 Å². The van der Waals surface area contributed by atoms with Crippen molar-refractivity contribution in [3.05, 3.63) is 54.5 Å². The normalized spacial score (nSPS) is 11.1. The molecular formula is C18H19N3O. The van der Waals surface area contributed by atoms with Crippen molar-refractivity contribution in [2.24, 2.45) is 0 Å². The van der Waals surface area contributed by atoms with E-state index in [1.807, 2.05) is 48.0 Å². The molecule has 22 heavy (non-hydrogen) atoms. The van der Waals surface area contributed by atoms with Gasteiger partial charge in [-0.3, -0.25) is 9.67 Å². The zero-order valence-corrected chi connectivity index (χ0v) is 13.0. The zero-order chi connectivity index (χ0) is 15.7. The maximum Gasteiger partial charge on any atom is 0.164 e. The van der Waals surface area contributed by atoms with Crippen molar-refractivity contribution in [2.45, 2.75) is 26.8 Å². The lowest BCUT2D eigenvalue weighted by molar-refractivity contribution is 0.461. The smallest absolute Gasteiger partial charge is 0.164 e. The van der Waals surface area contributed by atoms with Crippen molar-refractivity contribution in [1.82, 2.24) is 14.8 Å². The van der Waals surface area contributed by atoms with Crippen molar-refractivity contribution in [2.75, 3.05) is 0 Å². The summed E-state index contributed by atoms with van der Waals surface area (Å²) in [4.78, 5) is 4.06. The number of aromatic hydroxyl groups is 1. The van der Waals surface area contributed by atoms with Gasteiger partial charge in [-0.1, -0.05) is 24.3 Å². The molecule has 4 nitrogen and oxygen atoms in total. The first kappa shape index (κ1) is 14.3. The van der Waals surface area contributed by atoms with Gasteiger partial charge in [0.15, 0.2) is 5.75 Å². The van der Waals surface area contributed by atoms with Crippen molar-refractivity contribution in [3.63, 3.8) is 0 Å². The molecule has 4 heteroatoms. The Hall–Kier alpha value is -2.62. The molecule has 0 aliphatic rings. The molecule has 0 saturated carbocycles. The highest BCUT2D eigenvalue weighted by atomic mass is 16.3. The highest BCUT2D eigenvalue weighted by Crippen LogP contribution is 2.38. The van der Waals surface area contributed by atoms with Crippen molar-refractivity contribution in [1.29, 1.82) is 0 Å². The van der Waals surface area contributed by atoms with Gasteiger partial charge in [-0.15, -0.1) is 0 Å². The number of aromatic nitrogens is 3. The van der Waals surface area contributed by atoms with E-state index >= 15 is 0 Å². The van der Waals surface area contributed by atoms with Crippen LogP contribution in [0.1, 0.15) is 25.6 Å². The van der Waals surface area contributed by atoms with Crippen LogP contribution in [0.2, 0.25) is 0 Å². The Morgan fingerprint density at radius 3 is 2.23 bits per heavy atom. The van der Waals surface area contributed by atoms with Gasteiger partial charge in [0.1, 0.15) is 5.69 Å². The third kappa shape index (κ3) is 2.37. The molecule has 3 rings (SSSR count). The largest absolute Gasteiger partial charge is 0.504 e. The minimum atomic E-state index is 0.202. The van der Waals surface area contributed by atoms with Crippen molar-refractivity contribution in [3.8, 4) is 28.1 Å². The van der Waals surface area contributed by atoms with E-state index in [0.717, 1.165) is 22.4 Å². The molecule has 0 atom stereocenters. The Morgan fingerprint density at radius 1 is 1.00 bits per heavy atom. The summed E-state index contributed by atoms with van der Waals surface area (Å²) in [6.07, 6.45) is 3.54. The zero-order valence-electron chi connectivity index (χ0n) is 13.0. The molecule has 3 aromatic rings. The third-order valence-electron chi connectivity index (χ3n) is 3.78. The summed E-state index contributed by atoms with van der Waals surface area (Å²) in [6.45, 7) is 6.00. The molecule has 0 bridgehead atoms. The van der Waals surface area contributed by atoms with E-state index in [1.165, 1.54) is 0 Å². The van der Waals surface area contributed by atoms with Crippen LogP contribution in [0.4, 0.5) is 0 Å². The van der Waals surface area contributed by atoms with Crippen LogP contribution in [0.5, 0.6) is 5.75 Å². The van der Waals surface area contributed by atoms with Crippen molar-refractivity contribution >= 4 is 0 Å². The van der Waals surface area contributed by atoms with E-state index in [0.29, 0.717) is 5.69 Å². The molecule has 0 spiro atoms. The van der Waals surface area contributed by atoms with E-state index < -0.39 is 0 Å². The summed E-state index contributed by atoms with van der Waals surface area (Å²) in [5.41, 5.74) is 4.43. The fourth-order valence-corrected chi connectivity index (χ4v) is 2.67. The number of pyridine rings is 1. The quantitative estimate of drug-likeness (QED) is 0.787. The van der Waals surface area contributed by atoms with Crippen LogP contribution < -0.4 is 0 Å². The minimum absolute atomic E-state index is 0.202. The first-order chi connectivity index (χ1) is 10.6. The molecule has 1 aromatic carbocycles. The molecule has 1 N–H and O–H groups in total. The van der Waals surface area contributed by atoms with Gasteiger partial charge in [0.25, 0.3) is 0 Å². The molecule has 0 aliphatic carbocycles. The third-order valence-corrected chi connectivity index (χ3v) is 3.78. The summed E-state index contributed by atoms with van der Waals surface area (Å²) in [7, 11) is 0. The second-order valence-electron chi connectivity index (χ2n) is 5.60. The van der Waals surface area contributed by atoms with E-state index in [-0.39, 0.29) is 11.8 Å². The summed E-state index contributed by atoms with van der Waals surface area (Å²) < 4.78 is 1.86. The van der Waals surface area contributed by atoms with Gasteiger partial charge >= 0.3 is 0 Å².